The molecule has 0 aromatic rings. The highest BCUT2D eigenvalue weighted by Gasteiger charge is 2.23. The molecule has 1 fully saturated rings. The van der Waals surface area contributed by atoms with Crippen LogP contribution >= 0.6 is 0 Å². The lowest BCUT2D eigenvalue weighted by Gasteiger charge is -2.22. The number of aliphatic hydroxyl groups excluding tert-OH is 1. The van der Waals surface area contributed by atoms with Crippen LogP contribution in [0, 0.1) is 5.92 Å². The maximum absolute atomic E-state index is 11.8. The van der Waals surface area contributed by atoms with Crippen molar-refractivity contribution in [3.63, 3.8) is 0 Å². The van der Waals surface area contributed by atoms with Gasteiger partial charge in [-0.3, -0.25) is 0 Å². The Morgan fingerprint density at radius 1 is 1.31 bits per heavy atom. The second kappa shape index (κ2) is 6.57. The first-order valence-corrected chi connectivity index (χ1v) is 7.83. The summed E-state index contributed by atoms with van der Waals surface area (Å²) in [5.41, 5.74) is 0. The Labute approximate surface area is 98.5 Å². The second-order valence-electron chi connectivity index (χ2n) is 4.69. The van der Waals surface area contributed by atoms with E-state index in [0.717, 1.165) is 25.7 Å². The molecule has 1 aliphatic rings. The van der Waals surface area contributed by atoms with E-state index in [1.165, 1.54) is 6.42 Å². The SMILES string of the molecule is CC[C@@H](CO)NS(=O)(=O)CC1CCCCC1. The third kappa shape index (κ3) is 4.80. The zero-order valence-corrected chi connectivity index (χ0v) is 10.8. The van der Waals surface area contributed by atoms with Crippen LogP contribution in [0.4, 0.5) is 0 Å². The molecule has 0 aromatic heterocycles. The normalized spacial score (nSPS) is 20.9. The molecule has 0 heterocycles. The van der Waals surface area contributed by atoms with Crippen LogP contribution in [0.3, 0.4) is 0 Å². The van der Waals surface area contributed by atoms with Crippen LogP contribution in [-0.2, 0) is 10.0 Å². The van der Waals surface area contributed by atoms with Gasteiger partial charge in [0, 0.05) is 6.04 Å². The van der Waals surface area contributed by atoms with Gasteiger partial charge in [0.05, 0.1) is 12.4 Å². The second-order valence-corrected chi connectivity index (χ2v) is 6.49. The lowest BCUT2D eigenvalue weighted by atomic mass is 9.91. The summed E-state index contributed by atoms with van der Waals surface area (Å²) >= 11 is 0. The molecule has 96 valence electrons. The maximum atomic E-state index is 11.8. The number of hydrogen-bond donors (Lipinski definition) is 2. The van der Waals surface area contributed by atoms with Crippen molar-refractivity contribution in [2.24, 2.45) is 5.92 Å². The monoisotopic (exact) mass is 249 g/mol. The summed E-state index contributed by atoms with van der Waals surface area (Å²) in [5.74, 6) is 0.534. The van der Waals surface area contributed by atoms with E-state index in [1.54, 1.807) is 0 Å². The quantitative estimate of drug-likeness (QED) is 0.744. The highest BCUT2D eigenvalue weighted by atomic mass is 32.2. The summed E-state index contributed by atoms with van der Waals surface area (Å²) in [7, 11) is -3.21. The highest BCUT2D eigenvalue weighted by molar-refractivity contribution is 7.89. The van der Waals surface area contributed by atoms with Crippen LogP contribution in [0.1, 0.15) is 45.4 Å². The molecular weight excluding hydrogens is 226 g/mol. The Hall–Kier alpha value is -0.130. The van der Waals surface area contributed by atoms with Gasteiger partial charge in [-0.1, -0.05) is 26.2 Å². The first kappa shape index (κ1) is 13.9. The molecule has 4 nitrogen and oxygen atoms in total. The van der Waals surface area contributed by atoms with Gasteiger partial charge in [0.15, 0.2) is 0 Å². The molecule has 1 rings (SSSR count). The summed E-state index contributed by atoms with van der Waals surface area (Å²) < 4.78 is 26.2. The van der Waals surface area contributed by atoms with Crippen molar-refractivity contribution in [2.45, 2.75) is 51.5 Å². The molecule has 0 saturated heterocycles. The number of aliphatic hydroxyl groups is 1. The van der Waals surface area contributed by atoms with Crippen LogP contribution in [0.2, 0.25) is 0 Å². The number of sulfonamides is 1. The number of rotatable bonds is 6. The average Bonchev–Trinajstić information content (AvgIpc) is 2.26. The van der Waals surface area contributed by atoms with Crippen LogP contribution < -0.4 is 4.72 Å². The lowest BCUT2D eigenvalue weighted by Crippen LogP contribution is -2.40. The molecule has 0 radical (unpaired) electrons. The molecule has 1 atom stereocenters. The van der Waals surface area contributed by atoms with Crippen LogP contribution in [0.15, 0.2) is 0 Å². The number of hydrogen-bond acceptors (Lipinski definition) is 3. The largest absolute Gasteiger partial charge is 0.395 e. The van der Waals surface area contributed by atoms with Crippen molar-refractivity contribution >= 4 is 10.0 Å². The molecule has 0 aromatic carbocycles. The van der Waals surface area contributed by atoms with Crippen molar-refractivity contribution in [3.8, 4) is 0 Å². The third-order valence-corrected chi connectivity index (χ3v) is 4.84. The zero-order valence-electron chi connectivity index (χ0n) is 9.98. The molecule has 5 heteroatoms. The zero-order chi connectivity index (χ0) is 12.0. The summed E-state index contributed by atoms with van der Waals surface area (Å²) in [6.07, 6.45) is 6.21. The highest BCUT2D eigenvalue weighted by Crippen LogP contribution is 2.24. The van der Waals surface area contributed by atoms with Crippen molar-refractivity contribution in [3.05, 3.63) is 0 Å². The molecule has 0 unspecified atom stereocenters. The lowest BCUT2D eigenvalue weighted by molar-refractivity contribution is 0.253. The van der Waals surface area contributed by atoms with Crippen molar-refractivity contribution < 1.29 is 13.5 Å². The van der Waals surface area contributed by atoms with E-state index < -0.39 is 10.0 Å². The van der Waals surface area contributed by atoms with E-state index in [9.17, 15) is 8.42 Å². The van der Waals surface area contributed by atoms with Crippen LogP contribution in [0.25, 0.3) is 0 Å². The minimum atomic E-state index is -3.21. The maximum Gasteiger partial charge on any atom is 0.212 e. The summed E-state index contributed by atoms with van der Waals surface area (Å²) in [5, 5.41) is 8.97. The summed E-state index contributed by atoms with van der Waals surface area (Å²) in [6, 6.07) is -0.325. The molecule has 0 bridgehead atoms. The first-order chi connectivity index (χ1) is 7.57. The van der Waals surface area contributed by atoms with Crippen molar-refractivity contribution in [1.29, 1.82) is 0 Å². The van der Waals surface area contributed by atoms with Gasteiger partial charge in [-0.05, 0) is 25.2 Å². The topological polar surface area (TPSA) is 66.4 Å². The standard InChI is InChI=1S/C11H23NO3S/c1-2-11(8-13)12-16(14,15)9-10-6-4-3-5-7-10/h10-13H,2-9H2,1H3/t11-/m0/s1. The Morgan fingerprint density at radius 2 is 1.94 bits per heavy atom. The van der Waals surface area contributed by atoms with Gasteiger partial charge >= 0.3 is 0 Å². The Morgan fingerprint density at radius 3 is 2.44 bits per heavy atom. The predicted octanol–water partition coefficient (Wildman–Crippen LogP) is 1.26. The Bertz CT molecular complexity index is 280. The van der Waals surface area contributed by atoms with Gasteiger partial charge in [0.1, 0.15) is 0 Å². The van der Waals surface area contributed by atoms with E-state index in [4.69, 9.17) is 5.11 Å². The molecule has 1 aliphatic carbocycles. The van der Waals surface area contributed by atoms with Crippen LogP contribution in [-0.4, -0.2) is 31.9 Å². The molecule has 2 N–H and O–H groups in total. The Kier molecular flexibility index (Phi) is 5.72. The summed E-state index contributed by atoms with van der Waals surface area (Å²) in [4.78, 5) is 0. The average molecular weight is 249 g/mol. The van der Waals surface area contributed by atoms with E-state index >= 15 is 0 Å². The number of nitrogens with one attached hydrogen (secondary N) is 1. The van der Waals surface area contributed by atoms with Crippen molar-refractivity contribution in [1.82, 2.24) is 4.72 Å². The van der Waals surface area contributed by atoms with Gasteiger partial charge in [-0.15, -0.1) is 0 Å². The molecule has 1 saturated carbocycles. The van der Waals surface area contributed by atoms with E-state index in [2.05, 4.69) is 4.72 Å². The van der Waals surface area contributed by atoms with Gasteiger partial charge in [-0.2, -0.15) is 0 Å². The van der Waals surface area contributed by atoms with Gasteiger partial charge in [0.25, 0.3) is 0 Å². The smallest absolute Gasteiger partial charge is 0.212 e. The Balaban J connectivity index is 2.43. The van der Waals surface area contributed by atoms with Gasteiger partial charge in [-0.25, -0.2) is 13.1 Å². The van der Waals surface area contributed by atoms with E-state index in [1.807, 2.05) is 6.92 Å². The van der Waals surface area contributed by atoms with Gasteiger partial charge < -0.3 is 5.11 Å². The molecule has 0 aliphatic heterocycles. The first-order valence-electron chi connectivity index (χ1n) is 6.18. The fourth-order valence-electron chi connectivity index (χ4n) is 2.22. The summed E-state index contributed by atoms with van der Waals surface area (Å²) in [6.45, 7) is 1.74. The van der Waals surface area contributed by atoms with E-state index in [0.29, 0.717) is 12.3 Å². The van der Waals surface area contributed by atoms with Crippen molar-refractivity contribution in [2.75, 3.05) is 12.4 Å². The molecule has 16 heavy (non-hydrogen) atoms. The van der Waals surface area contributed by atoms with Gasteiger partial charge in [0.2, 0.25) is 10.0 Å². The molecule has 0 spiro atoms. The molecule has 0 amide bonds. The fraction of sp³-hybridized carbons (Fsp3) is 1.00. The minimum Gasteiger partial charge on any atom is -0.395 e. The molecular formula is C11H23NO3S. The minimum absolute atomic E-state index is 0.125. The predicted molar refractivity (Wildman–Crippen MR) is 64.7 cm³/mol. The van der Waals surface area contributed by atoms with E-state index in [-0.39, 0.29) is 18.4 Å². The third-order valence-electron chi connectivity index (χ3n) is 3.24. The van der Waals surface area contributed by atoms with Crippen LogP contribution in [0.5, 0.6) is 0 Å². The fourth-order valence-corrected chi connectivity index (χ4v) is 4.02.